The van der Waals surface area contributed by atoms with Gasteiger partial charge in [0.05, 0.1) is 6.10 Å². The van der Waals surface area contributed by atoms with E-state index in [0.717, 1.165) is 24.1 Å². The van der Waals surface area contributed by atoms with Crippen LogP contribution in [0, 0.1) is 6.92 Å². The molecule has 2 rings (SSSR count). The van der Waals surface area contributed by atoms with Gasteiger partial charge in [0, 0.05) is 18.7 Å². The van der Waals surface area contributed by atoms with E-state index in [0.29, 0.717) is 12.3 Å². The van der Waals surface area contributed by atoms with Gasteiger partial charge in [0.2, 0.25) is 0 Å². The molecule has 0 aromatic heterocycles. The van der Waals surface area contributed by atoms with Crippen molar-refractivity contribution in [2.45, 2.75) is 38.8 Å². The third kappa shape index (κ3) is 4.58. The Morgan fingerprint density at radius 3 is 2.45 bits per heavy atom. The van der Waals surface area contributed by atoms with Crippen molar-refractivity contribution < 1.29 is 10.2 Å². The van der Waals surface area contributed by atoms with Crippen molar-refractivity contribution in [1.29, 1.82) is 0 Å². The van der Waals surface area contributed by atoms with Crippen molar-refractivity contribution in [2.75, 3.05) is 6.54 Å². The van der Waals surface area contributed by atoms with Gasteiger partial charge in [-0.3, -0.25) is 0 Å². The van der Waals surface area contributed by atoms with Crippen LogP contribution in [-0.4, -0.2) is 22.9 Å². The first-order valence-corrected chi connectivity index (χ1v) is 7.79. The Morgan fingerprint density at radius 1 is 1.05 bits per heavy atom. The lowest BCUT2D eigenvalue weighted by Crippen LogP contribution is -2.23. The van der Waals surface area contributed by atoms with E-state index in [1.165, 1.54) is 5.56 Å². The maximum atomic E-state index is 10.0. The zero-order valence-electron chi connectivity index (χ0n) is 13.3. The molecule has 0 amide bonds. The number of hydrogen-bond donors (Lipinski definition) is 3. The number of hydrogen-bond acceptors (Lipinski definition) is 3. The first-order valence-electron chi connectivity index (χ1n) is 7.79. The molecule has 0 saturated carbocycles. The maximum Gasteiger partial charge on any atom is 0.122 e. The number of aryl methyl sites for hydroxylation is 1. The van der Waals surface area contributed by atoms with E-state index in [4.69, 9.17) is 0 Å². The summed E-state index contributed by atoms with van der Waals surface area (Å²) in [4.78, 5) is 0. The van der Waals surface area contributed by atoms with Gasteiger partial charge >= 0.3 is 0 Å². The second kappa shape index (κ2) is 7.97. The van der Waals surface area contributed by atoms with Gasteiger partial charge < -0.3 is 15.5 Å². The lowest BCUT2D eigenvalue weighted by molar-refractivity contribution is 0.173. The summed E-state index contributed by atoms with van der Waals surface area (Å²) >= 11 is 0. The molecule has 0 spiro atoms. The summed E-state index contributed by atoms with van der Waals surface area (Å²) in [7, 11) is 0. The molecule has 2 aromatic rings. The smallest absolute Gasteiger partial charge is 0.122 e. The Balaban J connectivity index is 1.98. The molecule has 3 nitrogen and oxygen atoms in total. The van der Waals surface area contributed by atoms with Crippen molar-refractivity contribution in [3.8, 4) is 5.75 Å². The van der Waals surface area contributed by atoms with Gasteiger partial charge in [-0.25, -0.2) is 0 Å². The maximum absolute atomic E-state index is 10.0. The zero-order valence-corrected chi connectivity index (χ0v) is 13.3. The number of rotatable bonds is 7. The SMILES string of the molecule is Cc1cccc(CNCC(CC(C)O)c2ccccc2)c1O. The van der Waals surface area contributed by atoms with Crippen LogP contribution in [0.1, 0.15) is 36.0 Å². The molecule has 3 heteroatoms. The predicted molar refractivity (Wildman–Crippen MR) is 90.0 cm³/mol. The fraction of sp³-hybridized carbons (Fsp3) is 0.368. The minimum absolute atomic E-state index is 0.258. The van der Waals surface area contributed by atoms with Crippen LogP contribution in [0.3, 0.4) is 0 Å². The zero-order chi connectivity index (χ0) is 15.9. The molecule has 2 atom stereocenters. The summed E-state index contributed by atoms with van der Waals surface area (Å²) in [5.41, 5.74) is 3.02. The highest BCUT2D eigenvalue weighted by molar-refractivity contribution is 5.39. The highest BCUT2D eigenvalue weighted by Gasteiger charge is 2.14. The topological polar surface area (TPSA) is 52.5 Å². The number of nitrogens with one attached hydrogen (secondary N) is 1. The lowest BCUT2D eigenvalue weighted by Gasteiger charge is -2.20. The predicted octanol–water partition coefficient (Wildman–Crippen LogP) is 3.34. The van der Waals surface area contributed by atoms with Crippen LogP contribution < -0.4 is 5.32 Å². The molecule has 0 saturated heterocycles. The van der Waals surface area contributed by atoms with Crippen LogP contribution in [0.4, 0.5) is 0 Å². The molecule has 0 heterocycles. The molecule has 22 heavy (non-hydrogen) atoms. The second-order valence-electron chi connectivity index (χ2n) is 5.91. The molecular weight excluding hydrogens is 274 g/mol. The van der Waals surface area contributed by atoms with Gasteiger partial charge in [-0.15, -0.1) is 0 Å². The van der Waals surface area contributed by atoms with Crippen molar-refractivity contribution >= 4 is 0 Å². The van der Waals surface area contributed by atoms with Gasteiger partial charge in [0.15, 0.2) is 0 Å². The Hall–Kier alpha value is -1.84. The second-order valence-corrected chi connectivity index (χ2v) is 5.91. The number of benzene rings is 2. The van der Waals surface area contributed by atoms with Crippen LogP contribution in [0.25, 0.3) is 0 Å². The van der Waals surface area contributed by atoms with Gasteiger partial charge in [-0.2, -0.15) is 0 Å². The molecular formula is C19H25NO2. The molecule has 2 unspecified atom stereocenters. The summed E-state index contributed by atoms with van der Waals surface area (Å²) < 4.78 is 0. The quantitative estimate of drug-likeness (QED) is 0.735. The fourth-order valence-corrected chi connectivity index (χ4v) is 2.72. The average molecular weight is 299 g/mol. The minimum atomic E-state index is -0.334. The molecule has 0 radical (unpaired) electrons. The van der Waals surface area contributed by atoms with Crippen LogP contribution in [0.15, 0.2) is 48.5 Å². The molecule has 0 aliphatic rings. The largest absolute Gasteiger partial charge is 0.507 e. The van der Waals surface area contributed by atoms with E-state index in [2.05, 4.69) is 17.4 Å². The van der Waals surface area contributed by atoms with E-state index >= 15 is 0 Å². The molecule has 0 aliphatic heterocycles. The number of phenols is 1. The van der Waals surface area contributed by atoms with Crippen molar-refractivity contribution in [3.63, 3.8) is 0 Å². The normalized spacial score (nSPS) is 13.8. The molecule has 118 valence electrons. The number of aromatic hydroxyl groups is 1. The molecule has 0 fully saturated rings. The van der Waals surface area contributed by atoms with Crippen LogP contribution >= 0.6 is 0 Å². The number of phenolic OH excluding ortho intramolecular Hbond substituents is 1. The average Bonchev–Trinajstić information content (AvgIpc) is 2.51. The summed E-state index contributed by atoms with van der Waals surface area (Å²) in [5.74, 6) is 0.620. The summed E-state index contributed by atoms with van der Waals surface area (Å²) in [5, 5.41) is 23.2. The molecule has 0 aliphatic carbocycles. The van der Waals surface area contributed by atoms with Gasteiger partial charge in [-0.05, 0) is 37.3 Å². The Kier molecular flexibility index (Phi) is 5.99. The highest BCUT2D eigenvalue weighted by atomic mass is 16.3. The van der Waals surface area contributed by atoms with E-state index in [9.17, 15) is 10.2 Å². The summed E-state index contributed by atoms with van der Waals surface area (Å²) in [6.45, 7) is 5.11. The van der Waals surface area contributed by atoms with Crippen molar-refractivity contribution in [3.05, 3.63) is 65.2 Å². The summed E-state index contributed by atoms with van der Waals surface area (Å²) in [6.07, 6.45) is 0.385. The standard InChI is InChI=1S/C19H25NO2/c1-14-7-6-10-17(19(14)22)12-20-13-18(11-15(2)21)16-8-4-3-5-9-16/h3-10,15,18,20-22H,11-13H2,1-2H3. The third-order valence-electron chi connectivity index (χ3n) is 3.92. The Morgan fingerprint density at radius 2 is 1.77 bits per heavy atom. The minimum Gasteiger partial charge on any atom is -0.507 e. The van der Waals surface area contributed by atoms with Crippen molar-refractivity contribution in [1.82, 2.24) is 5.32 Å². The van der Waals surface area contributed by atoms with E-state index < -0.39 is 0 Å². The first-order chi connectivity index (χ1) is 10.6. The third-order valence-corrected chi connectivity index (χ3v) is 3.92. The monoisotopic (exact) mass is 299 g/mol. The van der Waals surface area contributed by atoms with Crippen molar-refractivity contribution in [2.24, 2.45) is 0 Å². The van der Waals surface area contributed by atoms with Gasteiger partial charge in [0.25, 0.3) is 0 Å². The van der Waals surface area contributed by atoms with Gasteiger partial charge in [-0.1, -0.05) is 48.5 Å². The highest BCUT2D eigenvalue weighted by Crippen LogP contribution is 2.23. The number of aliphatic hydroxyl groups is 1. The van der Waals surface area contributed by atoms with Crippen LogP contribution in [0.5, 0.6) is 5.75 Å². The Bertz CT molecular complexity index is 581. The fourth-order valence-electron chi connectivity index (χ4n) is 2.72. The number of para-hydroxylation sites is 1. The van der Waals surface area contributed by atoms with Crippen LogP contribution in [0.2, 0.25) is 0 Å². The summed E-state index contributed by atoms with van der Waals surface area (Å²) in [6, 6.07) is 16.0. The molecule has 2 aromatic carbocycles. The van der Waals surface area contributed by atoms with Crippen LogP contribution in [-0.2, 0) is 6.54 Å². The number of aliphatic hydroxyl groups excluding tert-OH is 1. The lowest BCUT2D eigenvalue weighted by atomic mass is 9.93. The molecule has 0 bridgehead atoms. The van der Waals surface area contributed by atoms with E-state index in [-0.39, 0.29) is 12.0 Å². The van der Waals surface area contributed by atoms with E-state index in [1.54, 1.807) is 0 Å². The first kappa shape index (κ1) is 16.5. The van der Waals surface area contributed by atoms with Gasteiger partial charge in [0.1, 0.15) is 5.75 Å². The molecule has 3 N–H and O–H groups in total. The Labute approximate surface area is 132 Å². The van der Waals surface area contributed by atoms with E-state index in [1.807, 2.05) is 50.2 Å².